The Balaban J connectivity index is 2.09. The SMILES string of the molecule is CC(=O)N1CCC(N(CCC(C)C)C(=S)Nc2cc(C)ccc2C)CC1. The third kappa shape index (κ3) is 5.70. The van der Waals surface area contributed by atoms with Crippen molar-refractivity contribution in [2.75, 3.05) is 25.0 Å². The molecule has 0 aliphatic carbocycles. The molecule has 1 fully saturated rings. The van der Waals surface area contributed by atoms with E-state index in [-0.39, 0.29) is 5.91 Å². The Bertz CT molecular complexity index is 636. The molecule has 1 heterocycles. The summed E-state index contributed by atoms with van der Waals surface area (Å²) >= 11 is 5.81. The van der Waals surface area contributed by atoms with Crippen molar-refractivity contribution < 1.29 is 4.79 Å². The van der Waals surface area contributed by atoms with Crippen LogP contribution in [0.3, 0.4) is 0 Å². The van der Waals surface area contributed by atoms with E-state index in [1.807, 2.05) is 4.90 Å². The Morgan fingerprint density at radius 1 is 1.31 bits per heavy atom. The molecule has 1 aliphatic rings. The highest BCUT2D eigenvalue weighted by atomic mass is 32.1. The summed E-state index contributed by atoms with van der Waals surface area (Å²) in [5, 5.41) is 4.29. The third-order valence-electron chi connectivity index (χ3n) is 5.19. The third-order valence-corrected chi connectivity index (χ3v) is 5.53. The van der Waals surface area contributed by atoms with E-state index in [9.17, 15) is 4.79 Å². The molecular formula is C21H33N3OS. The molecule has 0 radical (unpaired) electrons. The molecule has 1 N–H and O–H groups in total. The number of anilines is 1. The fourth-order valence-corrected chi connectivity index (χ4v) is 3.75. The quantitative estimate of drug-likeness (QED) is 0.776. The van der Waals surface area contributed by atoms with Gasteiger partial charge < -0.3 is 15.1 Å². The van der Waals surface area contributed by atoms with E-state index in [1.54, 1.807) is 6.92 Å². The summed E-state index contributed by atoms with van der Waals surface area (Å²) in [5.41, 5.74) is 3.52. The molecule has 5 heteroatoms. The first kappa shape index (κ1) is 20.7. The fraction of sp³-hybridized carbons (Fsp3) is 0.619. The minimum absolute atomic E-state index is 0.174. The standard InChI is InChI=1S/C21H33N3OS/c1-15(2)8-13-24(19-9-11-23(12-10-19)18(5)25)21(26)22-20-14-16(3)6-7-17(20)4/h6-7,14-15,19H,8-13H2,1-5H3,(H,22,26). The Morgan fingerprint density at radius 3 is 2.54 bits per heavy atom. The second-order valence-electron chi connectivity index (χ2n) is 7.86. The number of nitrogens with zero attached hydrogens (tertiary/aromatic N) is 2. The smallest absolute Gasteiger partial charge is 0.219 e. The summed E-state index contributed by atoms with van der Waals surface area (Å²) in [4.78, 5) is 15.9. The summed E-state index contributed by atoms with van der Waals surface area (Å²) < 4.78 is 0. The van der Waals surface area contributed by atoms with Crippen LogP contribution >= 0.6 is 12.2 Å². The lowest BCUT2D eigenvalue weighted by Gasteiger charge is -2.40. The molecule has 2 rings (SSSR count). The van der Waals surface area contributed by atoms with Crippen LogP contribution in [-0.4, -0.2) is 46.5 Å². The lowest BCUT2D eigenvalue weighted by molar-refractivity contribution is -0.130. The van der Waals surface area contributed by atoms with Crippen molar-refractivity contribution in [3.63, 3.8) is 0 Å². The topological polar surface area (TPSA) is 35.6 Å². The Morgan fingerprint density at radius 2 is 1.96 bits per heavy atom. The van der Waals surface area contributed by atoms with Crippen molar-refractivity contribution in [1.29, 1.82) is 0 Å². The van der Waals surface area contributed by atoms with Gasteiger partial charge in [-0.3, -0.25) is 4.79 Å². The maximum absolute atomic E-state index is 11.6. The molecule has 1 aliphatic heterocycles. The summed E-state index contributed by atoms with van der Waals surface area (Å²) in [5.74, 6) is 0.812. The average Bonchev–Trinajstić information content (AvgIpc) is 2.58. The number of thiocarbonyl (C=S) groups is 1. The van der Waals surface area contributed by atoms with Gasteiger partial charge >= 0.3 is 0 Å². The van der Waals surface area contributed by atoms with Gasteiger partial charge in [0.05, 0.1) is 0 Å². The molecule has 0 unspecified atom stereocenters. The van der Waals surface area contributed by atoms with Gasteiger partial charge in [-0.05, 0) is 68.4 Å². The lowest BCUT2D eigenvalue weighted by atomic mass is 10.0. The molecule has 0 bridgehead atoms. The maximum atomic E-state index is 11.6. The van der Waals surface area contributed by atoms with Gasteiger partial charge in [0, 0.05) is 38.3 Å². The maximum Gasteiger partial charge on any atom is 0.219 e. The van der Waals surface area contributed by atoms with Crippen LogP contribution in [0.1, 0.15) is 51.2 Å². The largest absolute Gasteiger partial charge is 0.346 e. The Labute approximate surface area is 163 Å². The monoisotopic (exact) mass is 375 g/mol. The van der Waals surface area contributed by atoms with Crippen LogP contribution < -0.4 is 5.32 Å². The molecule has 1 amide bonds. The van der Waals surface area contributed by atoms with Crippen molar-refractivity contribution in [2.45, 2.75) is 59.9 Å². The van der Waals surface area contributed by atoms with Crippen molar-refractivity contribution in [1.82, 2.24) is 9.80 Å². The van der Waals surface area contributed by atoms with E-state index in [2.05, 4.69) is 56.1 Å². The molecule has 4 nitrogen and oxygen atoms in total. The number of aryl methyl sites for hydroxylation is 2. The Kier molecular flexibility index (Phi) is 7.44. The van der Waals surface area contributed by atoms with E-state index >= 15 is 0 Å². The zero-order valence-corrected chi connectivity index (χ0v) is 17.7. The van der Waals surface area contributed by atoms with Crippen LogP contribution in [-0.2, 0) is 4.79 Å². The van der Waals surface area contributed by atoms with Crippen LogP contribution in [0.2, 0.25) is 0 Å². The van der Waals surface area contributed by atoms with Crippen molar-refractivity contribution in [3.8, 4) is 0 Å². The van der Waals surface area contributed by atoms with Crippen LogP contribution in [0.4, 0.5) is 5.69 Å². The lowest BCUT2D eigenvalue weighted by Crippen LogP contribution is -2.50. The molecule has 0 spiro atoms. The van der Waals surface area contributed by atoms with Gasteiger partial charge in [-0.2, -0.15) is 0 Å². The van der Waals surface area contributed by atoms with Gasteiger partial charge in [0.25, 0.3) is 0 Å². The molecule has 0 saturated carbocycles. The summed E-state index contributed by atoms with van der Waals surface area (Å²) in [6.45, 7) is 13.0. The molecule has 144 valence electrons. The highest BCUT2D eigenvalue weighted by molar-refractivity contribution is 7.80. The first-order chi connectivity index (χ1) is 12.3. The van der Waals surface area contributed by atoms with Gasteiger partial charge in [0.2, 0.25) is 5.91 Å². The number of hydrogen-bond acceptors (Lipinski definition) is 2. The number of carbonyl (C=O) groups is 1. The van der Waals surface area contributed by atoms with Gasteiger partial charge in [0.15, 0.2) is 5.11 Å². The Hall–Kier alpha value is -1.62. The zero-order valence-electron chi connectivity index (χ0n) is 16.8. The van der Waals surface area contributed by atoms with E-state index < -0.39 is 0 Å². The first-order valence-corrected chi connectivity index (χ1v) is 10.1. The van der Waals surface area contributed by atoms with E-state index in [0.29, 0.717) is 12.0 Å². The van der Waals surface area contributed by atoms with Crippen molar-refractivity contribution in [3.05, 3.63) is 29.3 Å². The number of amides is 1. The molecule has 26 heavy (non-hydrogen) atoms. The summed E-state index contributed by atoms with van der Waals surface area (Å²) in [7, 11) is 0. The average molecular weight is 376 g/mol. The molecule has 1 saturated heterocycles. The van der Waals surface area contributed by atoms with Crippen LogP contribution in [0.5, 0.6) is 0 Å². The predicted octanol–water partition coefficient (Wildman–Crippen LogP) is 4.36. The zero-order chi connectivity index (χ0) is 19.3. The second-order valence-corrected chi connectivity index (χ2v) is 8.25. The van der Waals surface area contributed by atoms with Crippen LogP contribution in [0, 0.1) is 19.8 Å². The van der Waals surface area contributed by atoms with Gasteiger partial charge in [0.1, 0.15) is 0 Å². The minimum atomic E-state index is 0.174. The number of rotatable bonds is 5. The fourth-order valence-electron chi connectivity index (χ4n) is 3.40. The first-order valence-electron chi connectivity index (χ1n) is 9.68. The number of carbonyl (C=O) groups excluding carboxylic acids is 1. The van der Waals surface area contributed by atoms with Gasteiger partial charge in [-0.25, -0.2) is 0 Å². The predicted molar refractivity (Wildman–Crippen MR) is 114 cm³/mol. The van der Waals surface area contributed by atoms with E-state index in [1.165, 1.54) is 11.1 Å². The molecule has 1 aromatic carbocycles. The normalized spacial score (nSPS) is 15.2. The van der Waals surface area contributed by atoms with Gasteiger partial charge in [-0.15, -0.1) is 0 Å². The molecule has 0 atom stereocenters. The van der Waals surface area contributed by atoms with Gasteiger partial charge in [-0.1, -0.05) is 26.0 Å². The number of nitrogens with one attached hydrogen (secondary N) is 1. The van der Waals surface area contributed by atoms with Crippen molar-refractivity contribution in [2.24, 2.45) is 5.92 Å². The number of likely N-dealkylation sites (tertiary alicyclic amines) is 1. The van der Waals surface area contributed by atoms with Crippen molar-refractivity contribution >= 4 is 28.9 Å². The highest BCUT2D eigenvalue weighted by Gasteiger charge is 2.27. The summed E-state index contributed by atoms with van der Waals surface area (Å²) in [6.07, 6.45) is 3.07. The number of piperidine rings is 1. The number of hydrogen-bond donors (Lipinski definition) is 1. The minimum Gasteiger partial charge on any atom is -0.346 e. The van der Waals surface area contributed by atoms with E-state index in [0.717, 1.165) is 49.7 Å². The highest BCUT2D eigenvalue weighted by Crippen LogP contribution is 2.22. The van der Waals surface area contributed by atoms with Crippen LogP contribution in [0.25, 0.3) is 0 Å². The summed E-state index contributed by atoms with van der Waals surface area (Å²) in [6, 6.07) is 6.80. The number of benzene rings is 1. The molecular weight excluding hydrogens is 342 g/mol. The molecule has 1 aromatic rings. The van der Waals surface area contributed by atoms with E-state index in [4.69, 9.17) is 12.2 Å². The van der Waals surface area contributed by atoms with Crippen LogP contribution in [0.15, 0.2) is 18.2 Å². The second kappa shape index (κ2) is 9.36. The molecule has 0 aromatic heterocycles.